The van der Waals surface area contributed by atoms with Crippen LogP contribution in [0.4, 0.5) is 0 Å². The van der Waals surface area contributed by atoms with E-state index in [1.165, 1.54) is 0 Å². The molecule has 1 aromatic carbocycles. The number of hydrogen-bond acceptors (Lipinski definition) is 2. The van der Waals surface area contributed by atoms with Gasteiger partial charge in [-0.05, 0) is 38.4 Å². The maximum Gasteiger partial charge on any atom is 0.320 e. The van der Waals surface area contributed by atoms with Crippen LogP contribution in [0.3, 0.4) is 0 Å². The molecule has 3 nitrogen and oxygen atoms in total. The van der Waals surface area contributed by atoms with Crippen LogP contribution in [-0.4, -0.2) is 21.5 Å². The average Bonchev–Trinajstić information content (AvgIpc) is 2.58. The molecule has 84 valence electrons. The summed E-state index contributed by atoms with van der Waals surface area (Å²) >= 11 is 0. The lowest BCUT2D eigenvalue weighted by molar-refractivity contribution is 0.408. The van der Waals surface area contributed by atoms with Crippen molar-refractivity contribution in [3.63, 3.8) is 0 Å². The molecule has 0 spiro atoms. The molecule has 0 fully saturated rings. The van der Waals surface area contributed by atoms with E-state index in [1.807, 2.05) is 24.5 Å². The molecule has 1 N–H and O–H groups in total. The van der Waals surface area contributed by atoms with Gasteiger partial charge in [0.05, 0.1) is 17.4 Å². The first-order valence-electron chi connectivity index (χ1n) is 5.55. The Bertz CT molecular complexity index is 511. The van der Waals surface area contributed by atoms with Gasteiger partial charge in [0.1, 0.15) is 0 Å². The molecule has 0 amide bonds. The number of rotatable bonds is 1. The van der Waals surface area contributed by atoms with Crippen LogP contribution >= 0.6 is 0 Å². The van der Waals surface area contributed by atoms with Gasteiger partial charge in [-0.15, -0.1) is 0 Å². The Hall–Kier alpha value is -1.29. The van der Waals surface area contributed by atoms with E-state index < -0.39 is 6.92 Å². The highest BCUT2D eigenvalue weighted by Gasteiger charge is 2.17. The van der Waals surface area contributed by atoms with Crippen molar-refractivity contribution in [1.29, 1.82) is 0 Å². The van der Waals surface area contributed by atoms with Gasteiger partial charge in [0.15, 0.2) is 0 Å². The molecule has 0 radical (unpaired) electrons. The van der Waals surface area contributed by atoms with E-state index in [-0.39, 0.29) is 5.54 Å². The molecule has 0 aliphatic heterocycles. The highest BCUT2D eigenvalue weighted by atomic mass is 16.2. The third-order valence-corrected chi connectivity index (χ3v) is 2.78. The van der Waals surface area contributed by atoms with Crippen LogP contribution in [0.15, 0.2) is 24.5 Å². The van der Waals surface area contributed by atoms with E-state index in [2.05, 4.69) is 30.3 Å². The number of hydrogen-bond donors (Lipinski definition) is 1. The molecule has 0 aliphatic rings. The fraction of sp³-hybridized carbons (Fsp3) is 0.417. The summed E-state index contributed by atoms with van der Waals surface area (Å²) in [6.07, 6.45) is 1.86. The third kappa shape index (κ3) is 1.85. The summed E-state index contributed by atoms with van der Waals surface area (Å²) in [4.78, 5) is 4.37. The van der Waals surface area contributed by atoms with Gasteiger partial charge in [-0.3, -0.25) is 0 Å². The molecular formula is C12H17BN2O. The maximum absolute atomic E-state index is 9.58. The zero-order chi connectivity index (χ0) is 11.9. The lowest BCUT2D eigenvalue weighted by atomic mass is 9.64. The van der Waals surface area contributed by atoms with Crippen molar-refractivity contribution >= 4 is 23.4 Å². The van der Waals surface area contributed by atoms with Gasteiger partial charge in [-0.25, -0.2) is 4.98 Å². The number of imidazole rings is 1. The first-order chi connectivity index (χ1) is 7.39. The van der Waals surface area contributed by atoms with Crippen molar-refractivity contribution in [2.75, 3.05) is 0 Å². The van der Waals surface area contributed by atoms with E-state index >= 15 is 0 Å². The summed E-state index contributed by atoms with van der Waals surface area (Å²) in [6.45, 7) is 7.77. The maximum atomic E-state index is 9.58. The number of benzene rings is 1. The van der Waals surface area contributed by atoms with Crippen molar-refractivity contribution in [1.82, 2.24) is 9.55 Å². The summed E-state index contributed by atoms with van der Waals surface area (Å²) in [5.74, 6) is 0. The fourth-order valence-corrected chi connectivity index (χ4v) is 1.82. The summed E-state index contributed by atoms with van der Waals surface area (Å²) in [5.41, 5.74) is 2.98. The molecule has 0 atom stereocenters. The highest BCUT2D eigenvalue weighted by molar-refractivity contribution is 6.65. The number of nitrogens with zero attached hydrogens (tertiary/aromatic N) is 2. The van der Waals surface area contributed by atoms with Gasteiger partial charge in [0, 0.05) is 5.54 Å². The Morgan fingerprint density at radius 2 is 2.00 bits per heavy atom. The minimum absolute atomic E-state index is 0.00602. The molecule has 0 saturated carbocycles. The molecular weight excluding hydrogens is 199 g/mol. The van der Waals surface area contributed by atoms with Crippen LogP contribution in [0.25, 0.3) is 11.0 Å². The first-order valence-corrected chi connectivity index (χ1v) is 5.55. The first kappa shape index (κ1) is 11.2. The lowest BCUT2D eigenvalue weighted by Crippen LogP contribution is -2.27. The zero-order valence-electron chi connectivity index (χ0n) is 10.2. The quantitative estimate of drug-likeness (QED) is 0.735. The normalized spacial score (nSPS) is 12.1. The number of aromatic nitrogens is 2. The van der Waals surface area contributed by atoms with E-state index in [0.29, 0.717) is 0 Å². The topological polar surface area (TPSA) is 38.1 Å². The van der Waals surface area contributed by atoms with Crippen molar-refractivity contribution in [3.8, 4) is 0 Å². The predicted octanol–water partition coefficient (Wildman–Crippen LogP) is 1.61. The van der Waals surface area contributed by atoms with E-state index in [4.69, 9.17) is 0 Å². The number of fused-ring (bicyclic) bond motifs is 1. The summed E-state index contributed by atoms with van der Waals surface area (Å²) in [5, 5.41) is 9.58. The molecule has 0 aliphatic carbocycles. The summed E-state index contributed by atoms with van der Waals surface area (Å²) in [6, 6.07) is 5.89. The minimum atomic E-state index is -0.437. The molecule has 4 heteroatoms. The summed E-state index contributed by atoms with van der Waals surface area (Å²) in [7, 11) is 0. The second kappa shape index (κ2) is 3.63. The van der Waals surface area contributed by atoms with Crippen molar-refractivity contribution in [2.45, 2.75) is 33.1 Å². The molecule has 1 aromatic heterocycles. The van der Waals surface area contributed by atoms with Crippen LogP contribution in [0.2, 0.25) is 6.82 Å². The van der Waals surface area contributed by atoms with Crippen molar-refractivity contribution < 1.29 is 5.02 Å². The average molecular weight is 216 g/mol. The Morgan fingerprint density at radius 3 is 2.56 bits per heavy atom. The molecule has 0 bridgehead atoms. The Labute approximate surface area is 96.2 Å². The van der Waals surface area contributed by atoms with Gasteiger partial charge in [-0.2, -0.15) is 0 Å². The van der Waals surface area contributed by atoms with Gasteiger partial charge in [-0.1, -0.05) is 12.9 Å². The van der Waals surface area contributed by atoms with Crippen LogP contribution in [0.1, 0.15) is 20.8 Å². The Kier molecular flexibility index (Phi) is 2.54. The summed E-state index contributed by atoms with van der Waals surface area (Å²) < 4.78 is 2.13. The van der Waals surface area contributed by atoms with Crippen LogP contribution in [-0.2, 0) is 5.54 Å². The van der Waals surface area contributed by atoms with Crippen LogP contribution in [0.5, 0.6) is 0 Å². The van der Waals surface area contributed by atoms with Crippen molar-refractivity contribution in [3.05, 3.63) is 24.5 Å². The van der Waals surface area contributed by atoms with Crippen LogP contribution in [0, 0.1) is 0 Å². The highest BCUT2D eigenvalue weighted by Crippen LogP contribution is 2.20. The second-order valence-electron chi connectivity index (χ2n) is 5.21. The van der Waals surface area contributed by atoms with Crippen LogP contribution < -0.4 is 5.46 Å². The van der Waals surface area contributed by atoms with Gasteiger partial charge < -0.3 is 9.59 Å². The Balaban J connectivity index is 2.65. The van der Waals surface area contributed by atoms with E-state index in [9.17, 15) is 5.02 Å². The minimum Gasteiger partial charge on any atom is -0.446 e. The van der Waals surface area contributed by atoms with Gasteiger partial charge >= 0.3 is 6.92 Å². The van der Waals surface area contributed by atoms with Gasteiger partial charge in [0.2, 0.25) is 0 Å². The molecule has 0 unspecified atom stereocenters. The molecule has 1 heterocycles. The molecule has 2 rings (SSSR count). The van der Waals surface area contributed by atoms with Crippen molar-refractivity contribution in [2.24, 2.45) is 0 Å². The molecule has 0 saturated heterocycles. The standard InChI is InChI=1S/C12H17BN2O/c1-12(2,3)15-8-14-10-6-5-9(13(4)16)7-11(10)15/h5-8,16H,1-4H3. The predicted molar refractivity (Wildman–Crippen MR) is 68.2 cm³/mol. The van der Waals surface area contributed by atoms with E-state index in [0.717, 1.165) is 16.5 Å². The fourth-order valence-electron chi connectivity index (χ4n) is 1.82. The molecule has 16 heavy (non-hydrogen) atoms. The smallest absolute Gasteiger partial charge is 0.320 e. The Morgan fingerprint density at radius 1 is 1.31 bits per heavy atom. The van der Waals surface area contributed by atoms with E-state index in [1.54, 1.807) is 6.82 Å². The largest absolute Gasteiger partial charge is 0.446 e. The SMILES string of the molecule is CB(O)c1ccc2ncn(C(C)(C)C)c2c1. The zero-order valence-corrected chi connectivity index (χ0v) is 10.2. The van der Waals surface area contributed by atoms with Gasteiger partial charge in [0.25, 0.3) is 0 Å². The lowest BCUT2D eigenvalue weighted by Gasteiger charge is -2.21. The monoisotopic (exact) mass is 216 g/mol. The third-order valence-electron chi connectivity index (χ3n) is 2.78. The molecule has 2 aromatic rings. The second-order valence-corrected chi connectivity index (χ2v) is 5.21.